The molecule has 3 heteroatoms. The van der Waals surface area contributed by atoms with Gasteiger partial charge in [0.1, 0.15) is 0 Å². The molecule has 2 atom stereocenters. The fourth-order valence-electron chi connectivity index (χ4n) is 3.43. The second-order valence-electron chi connectivity index (χ2n) is 6.18. The van der Waals surface area contributed by atoms with E-state index in [1.807, 2.05) is 0 Å². The van der Waals surface area contributed by atoms with Crippen molar-refractivity contribution in [3.63, 3.8) is 0 Å². The summed E-state index contributed by atoms with van der Waals surface area (Å²) in [6, 6.07) is 0. The first-order chi connectivity index (χ1) is 8.27. The van der Waals surface area contributed by atoms with Gasteiger partial charge in [-0.15, -0.1) is 11.6 Å². The predicted octanol–water partition coefficient (Wildman–Crippen LogP) is 3.09. The highest BCUT2D eigenvalue weighted by molar-refractivity contribution is 6.21. The minimum atomic E-state index is 0.281. The molecule has 2 unspecified atom stereocenters. The van der Waals surface area contributed by atoms with Gasteiger partial charge in [0.25, 0.3) is 0 Å². The topological polar surface area (TPSA) is 21.3 Å². The Balaban J connectivity index is 1.35. The summed E-state index contributed by atoms with van der Waals surface area (Å²) >= 11 is 6.28. The van der Waals surface area contributed by atoms with Crippen LogP contribution in [0.25, 0.3) is 0 Å². The fraction of sp³-hybridized carbons (Fsp3) is 1.00. The molecule has 17 heavy (non-hydrogen) atoms. The first kappa shape index (κ1) is 12.3. The molecule has 1 saturated heterocycles. The summed E-state index contributed by atoms with van der Waals surface area (Å²) in [6.07, 6.45) is 11.0. The molecule has 98 valence electrons. The van der Waals surface area contributed by atoms with Gasteiger partial charge in [0, 0.05) is 18.5 Å². The van der Waals surface area contributed by atoms with Crippen LogP contribution in [0.2, 0.25) is 0 Å². The summed E-state index contributed by atoms with van der Waals surface area (Å²) in [5.74, 6) is 0.787. The van der Waals surface area contributed by atoms with Crippen molar-refractivity contribution in [3.8, 4) is 0 Å². The molecule has 1 aliphatic heterocycles. The van der Waals surface area contributed by atoms with Crippen molar-refractivity contribution in [2.24, 2.45) is 5.92 Å². The molecule has 0 aromatic carbocycles. The Labute approximate surface area is 109 Å². The van der Waals surface area contributed by atoms with Crippen LogP contribution < -0.4 is 5.32 Å². The molecule has 0 amide bonds. The minimum Gasteiger partial charge on any atom is -0.370 e. The van der Waals surface area contributed by atoms with Crippen LogP contribution in [0.5, 0.6) is 0 Å². The minimum absolute atomic E-state index is 0.281. The Morgan fingerprint density at radius 3 is 2.65 bits per heavy atom. The van der Waals surface area contributed by atoms with Gasteiger partial charge in [0.05, 0.1) is 11.7 Å². The van der Waals surface area contributed by atoms with Crippen LogP contribution >= 0.6 is 11.6 Å². The molecule has 3 fully saturated rings. The number of ether oxygens (including phenoxy) is 1. The van der Waals surface area contributed by atoms with Gasteiger partial charge in [0.2, 0.25) is 0 Å². The Bertz CT molecular complexity index is 261. The van der Waals surface area contributed by atoms with Crippen LogP contribution in [0.3, 0.4) is 0 Å². The van der Waals surface area contributed by atoms with E-state index in [2.05, 4.69) is 5.32 Å². The zero-order valence-corrected chi connectivity index (χ0v) is 11.3. The zero-order chi connectivity index (χ0) is 11.7. The summed E-state index contributed by atoms with van der Waals surface area (Å²) in [4.78, 5) is 0. The maximum Gasteiger partial charge on any atom is 0.0708 e. The molecule has 2 aliphatic carbocycles. The lowest BCUT2D eigenvalue weighted by atomic mass is 9.98. The average molecular weight is 258 g/mol. The molecular weight excluding hydrogens is 234 g/mol. The highest BCUT2D eigenvalue weighted by Crippen LogP contribution is 2.43. The normalized spacial score (nSPS) is 33.4. The van der Waals surface area contributed by atoms with Crippen molar-refractivity contribution in [1.82, 2.24) is 5.32 Å². The van der Waals surface area contributed by atoms with E-state index < -0.39 is 0 Å². The first-order valence-corrected chi connectivity index (χ1v) is 7.74. The molecule has 0 bridgehead atoms. The highest BCUT2D eigenvalue weighted by Gasteiger charge is 2.41. The molecule has 1 N–H and O–H groups in total. The Morgan fingerprint density at radius 2 is 1.94 bits per heavy atom. The summed E-state index contributed by atoms with van der Waals surface area (Å²) in [6.45, 7) is 1.96. The molecular formula is C14H24ClNO. The SMILES string of the molecule is ClC(CNCC1CCC2(CCCC2)O1)C1CC1. The lowest BCUT2D eigenvalue weighted by Gasteiger charge is -2.24. The number of hydrogen-bond donors (Lipinski definition) is 1. The van der Waals surface area contributed by atoms with E-state index in [1.165, 1.54) is 51.4 Å². The molecule has 3 aliphatic rings. The van der Waals surface area contributed by atoms with Gasteiger partial charge in [-0.05, 0) is 44.4 Å². The third-order valence-corrected chi connectivity index (χ3v) is 5.21. The number of alkyl halides is 1. The van der Waals surface area contributed by atoms with E-state index in [-0.39, 0.29) is 5.60 Å². The highest BCUT2D eigenvalue weighted by atomic mass is 35.5. The van der Waals surface area contributed by atoms with Gasteiger partial charge in [0.15, 0.2) is 0 Å². The molecule has 1 spiro atoms. The number of nitrogens with one attached hydrogen (secondary N) is 1. The maximum atomic E-state index is 6.28. The van der Waals surface area contributed by atoms with Crippen LogP contribution in [0.4, 0.5) is 0 Å². The van der Waals surface area contributed by atoms with Crippen LogP contribution in [-0.2, 0) is 4.74 Å². The van der Waals surface area contributed by atoms with E-state index in [4.69, 9.17) is 16.3 Å². The average Bonchev–Trinajstić information content (AvgIpc) is 2.98. The van der Waals surface area contributed by atoms with Crippen LogP contribution in [0.15, 0.2) is 0 Å². The van der Waals surface area contributed by atoms with Crippen LogP contribution in [-0.4, -0.2) is 30.2 Å². The van der Waals surface area contributed by atoms with E-state index in [9.17, 15) is 0 Å². The quantitative estimate of drug-likeness (QED) is 0.765. The van der Waals surface area contributed by atoms with E-state index >= 15 is 0 Å². The molecule has 2 saturated carbocycles. The Kier molecular flexibility index (Phi) is 3.65. The first-order valence-electron chi connectivity index (χ1n) is 7.30. The fourth-order valence-corrected chi connectivity index (χ4v) is 3.79. The van der Waals surface area contributed by atoms with Crippen molar-refractivity contribution in [3.05, 3.63) is 0 Å². The van der Waals surface area contributed by atoms with Gasteiger partial charge in [-0.25, -0.2) is 0 Å². The molecule has 3 rings (SSSR count). The van der Waals surface area contributed by atoms with Crippen molar-refractivity contribution < 1.29 is 4.74 Å². The van der Waals surface area contributed by atoms with Crippen molar-refractivity contribution >= 4 is 11.6 Å². The number of hydrogen-bond acceptors (Lipinski definition) is 2. The summed E-state index contributed by atoms with van der Waals surface area (Å²) in [5, 5.41) is 3.84. The molecule has 0 aromatic rings. The predicted molar refractivity (Wildman–Crippen MR) is 70.5 cm³/mol. The molecule has 0 aromatic heterocycles. The zero-order valence-electron chi connectivity index (χ0n) is 10.6. The second-order valence-corrected chi connectivity index (χ2v) is 6.74. The Morgan fingerprint density at radius 1 is 1.18 bits per heavy atom. The second kappa shape index (κ2) is 5.07. The number of rotatable bonds is 5. The van der Waals surface area contributed by atoms with Crippen molar-refractivity contribution in [1.29, 1.82) is 0 Å². The molecule has 0 radical (unpaired) electrons. The largest absolute Gasteiger partial charge is 0.370 e. The Hall–Kier alpha value is 0.210. The third kappa shape index (κ3) is 2.97. The van der Waals surface area contributed by atoms with Gasteiger partial charge in [-0.1, -0.05) is 12.8 Å². The lowest BCUT2D eigenvalue weighted by molar-refractivity contribution is -0.0350. The maximum absolute atomic E-state index is 6.28. The standard InChI is InChI=1S/C14H24ClNO/c15-13(11-3-4-11)10-16-9-12-5-8-14(17-12)6-1-2-7-14/h11-13,16H,1-10H2. The van der Waals surface area contributed by atoms with Crippen molar-refractivity contribution in [2.45, 2.75) is 68.4 Å². The van der Waals surface area contributed by atoms with Gasteiger partial charge in [-0.2, -0.15) is 0 Å². The van der Waals surface area contributed by atoms with Gasteiger partial charge in [-0.3, -0.25) is 0 Å². The van der Waals surface area contributed by atoms with Crippen LogP contribution in [0.1, 0.15) is 51.4 Å². The molecule has 1 heterocycles. The summed E-state index contributed by atoms with van der Waals surface area (Å²) in [7, 11) is 0. The monoisotopic (exact) mass is 257 g/mol. The summed E-state index contributed by atoms with van der Waals surface area (Å²) < 4.78 is 6.26. The summed E-state index contributed by atoms with van der Waals surface area (Å²) in [5.41, 5.74) is 0.281. The van der Waals surface area contributed by atoms with E-state index in [0.717, 1.165) is 19.0 Å². The van der Waals surface area contributed by atoms with Gasteiger partial charge < -0.3 is 10.1 Å². The molecule has 2 nitrogen and oxygen atoms in total. The van der Waals surface area contributed by atoms with Crippen molar-refractivity contribution in [2.75, 3.05) is 13.1 Å². The van der Waals surface area contributed by atoms with Gasteiger partial charge >= 0.3 is 0 Å². The van der Waals surface area contributed by atoms with Crippen LogP contribution in [0, 0.1) is 5.92 Å². The number of halogens is 1. The smallest absolute Gasteiger partial charge is 0.0708 e. The lowest BCUT2D eigenvalue weighted by Crippen LogP contribution is -2.34. The van der Waals surface area contributed by atoms with E-state index in [0.29, 0.717) is 11.5 Å². The third-order valence-electron chi connectivity index (χ3n) is 4.70. The van der Waals surface area contributed by atoms with E-state index in [1.54, 1.807) is 0 Å².